The summed E-state index contributed by atoms with van der Waals surface area (Å²) in [4.78, 5) is 12.6. The predicted molar refractivity (Wildman–Crippen MR) is 91.3 cm³/mol. The van der Waals surface area contributed by atoms with Gasteiger partial charge in [0, 0.05) is 23.0 Å². The van der Waals surface area contributed by atoms with Gasteiger partial charge in [-0.2, -0.15) is 0 Å². The van der Waals surface area contributed by atoms with E-state index in [1.165, 1.54) is 0 Å². The molecule has 1 amide bonds. The van der Waals surface area contributed by atoms with Crippen molar-refractivity contribution in [3.63, 3.8) is 0 Å². The standard InChI is InChI=1S/C18H13ClN2O3/c19-13-4-5-14(15(10-13)21-7-1-2-8-21)20-18(22)12-3-6-16-17(9-12)24-11-23-16/h1-10H,11H2,(H,20,22). The first-order valence-electron chi connectivity index (χ1n) is 7.34. The molecule has 6 heteroatoms. The van der Waals surface area contributed by atoms with Crippen LogP contribution in [0.15, 0.2) is 60.9 Å². The van der Waals surface area contributed by atoms with Gasteiger partial charge in [0.25, 0.3) is 5.91 Å². The molecule has 2 aromatic carbocycles. The van der Waals surface area contributed by atoms with Gasteiger partial charge >= 0.3 is 0 Å². The maximum Gasteiger partial charge on any atom is 0.255 e. The fourth-order valence-corrected chi connectivity index (χ4v) is 2.72. The van der Waals surface area contributed by atoms with Gasteiger partial charge in [0.15, 0.2) is 11.5 Å². The lowest BCUT2D eigenvalue weighted by Crippen LogP contribution is -2.13. The summed E-state index contributed by atoms with van der Waals surface area (Å²) in [6, 6.07) is 14.2. The number of benzene rings is 2. The Bertz CT molecular complexity index is 907. The Morgan fingerprint density at radius 1 is 1.04 bits per heavy atom. The summed E-state index contributed by atoms with van der Waals surface area (Å²) in [7, 11) is 0. The third-order valence-electron chi connectivity index (χ3n) is 3.73. The maximum absolute atomic E-state index is 12.6. The normalized spacial score (nSPS) is 12.2. The third kappa shape index (κ3) is 2.70. The molecule has 0 saturated heterocycles. The zero-order valence-electron chi connectivity index (χ0n) is 12.5. The summed E-state index contributed by atoms with van der Waals surface area (Å²) in [5.41, 5.74) is 1.95. The number of aromatic nitrogens is 1. The second kappa shape index (κ2) is 5.94. The third-order valence-corrected chi connectivity index (χ3v) is 3.96. The molecular formula is C18H13ClN2O3. The largest absolute Gasteiger partial charge is 0.454 e. The van der Waals surface area contributed by atoms with Crippen molar-refractivity contribution in [2.24, 2.45) is 0 Å². The van der Waals surface area contributed by atoms with Crippen LogP contribution in [0.25, 0.3) is 5.69 Å². The quantitative estimate of drug-likeness (QED) is 0.780. The average molecular weight is 341 g/mol. The summed E-state index contributed by atoms with van der Waals surface area (Å²) >= 11 is 6.09. The summed E-state index contributed by atoms with van der Waals surface area (Å²) < 4.78 is 12.5. The van der Waals surface area contributed by atoms with E-state index in [9.17, 15) is 4.79 Å². The monoisotopic (exact) mass is 340 g/mol. The molecule has 1 aliphatic heterocycles. The van der Waals surface area contributed by atoms with Crippen LogP contribution in [-0.2, 0) is 0 Å². The Kier molecular flexibility index (Phi) is 3.63. The number of hydrogen-bond acceptors (Lipinski definition) is 3. The SMILES string of the molecule is O=C(Nc1ccc(Cl)cc1-n1cccc1)c1ccc2c(c1)OCO2. The van der Waals surface area contributed by atoms with Crippen molar-refractivity contribution in [3.05, 3.63) is 71.5 Å². The van der Waals surface area contributed by atoms with Crippen LogP contribution in [0.1, 0.15) is 10.4 Å². The number of anilines is 1. The number of carbonyl (C=O) groups is 1. The minimum atomic E-state index is -0.232. The van der Waals surface area contributed by atoms with Gasteiger partial charge in [-0.05, 0) is 48.5 Å². The Hall–Kier alpha value is -2.92. The van der Waals surface area contributed by atoms with E-state index >= 15 is 0 Å². The summed E-state index contributed by atoms with van der Waals surface area (Å²) in [5.74, 6) is 0.986. The van der Waals surface area contributed by atoms with Crippen LogP contribution in [0.4, 0.5) is 5.69 Å². The van der Waals surface area contributed by atoms with E-state index in [0.717, 1.165) is 5.69 Å². The van der Waals surface area contributed by atoms with Gasteiger partial charge in [-0.25, -0.2) is 0 Å². The van der Waals surface area contributed by atoms with E-state index in [2.05, 4.69) is 5.32 Å². The number of halogens is 1. The highest BCUT2D eigenvalue weighted by Crippen LogP contribution is 2.33. The Morgan fingerprint density at radius 3 is 2.67 bits per heavy atom. The topological polar surface area (TPSA) is 52.5 Å². The van der Waals surface area contributed by atoms with Crippen LogP contribution in [-0.4, -0.2) is 17.3 Å². The molecule has 1 aliphatic rings. The first-order chi connectivity index (χ1) is 11.7. The molecule has 120 valence electrons. The number of ether oxygens (including phenoxy) is 2. The number of nitrogens with zero attached hydrogens (tertiary/aromatic N) is 1. The molecule has 0 fully saturated rings. The van der Waals surface area contributed by atoms with Crippen LogP contribution in [0.3, 0.4) is 0 Å². The van der Waals surface area contributed by atoms with Crippen LogP contribution in [0.5, 0.6) is 11.5 Å². The number of carbonyl (C=O) groups excluding carboxylic acids is 1. The van der Waals surface area contributed by atoms with Gasteiger partial charge in [-0.15, -0.1) is 0 Å². The van der Waals surface area contributed by atoms with Crippen molar-refractivity contribution in [3.8, 4) is 17.2 Å². The lowest BCUT2D eigenvalue weighted by atomic mass is 10.1. The first kappa shape index (κ1) is 14.7. The average Bonchev–Trinajstić information content (AvgIpc) is 3.27. The van der Waals surface area contributed by atoms with Crippen molar-refractivity contribution in [2.75, 3.05) is 12.1 Å². The van der Waals surface area contributed by atoms with Crippen molar-refractivity contribution in [2.45, 2.75) is 0 Å². The highest BCUT2D eigenvalue weighted by atomic mass is 35.5. The summed E-state index contributed by atoms with van der Waals surface area (Å²) in [6.45, 7) is 0.176. The number of fused-ring (bicyclic) bond motifs is 1. The van der Waals surface area contributed by atoms with Crippen LogP contribution < -0.4 is 14.8 Å². The molecule has 4 rings (SSSR count). The van der Waals surface area contributed by atoms with E-state index in [-0.39, 0.29) is 12.7 Å². The number of rotatable bonds is 3. The summed E-state index contributed by atoms with van der Waals surface area (Å²) in [6.07, 6.45) is 3.78. The lowest BCUT2D eigenvalue weighted by Gasteiger charge is -2.13. The number of amides is 1. The van der Waals surface area contributed by atoms with Gasteiger partial charge in [0.1, 0.15) is 0 Å². The molecule has 2 heterocycles. The molecule has 0 aliphatic carbocycles. The van der Waals surface area contributed by atoms with E-state index in [0.29, 0.717) is 27.8 Å². The van der Waals surface area contributed by atoms with Crippen LogP contribution in [0.2, 0.25) is 5.02 Å². The zero-order valence-corrected chi connectivity index (χ0v) is 13.3. The fraction of sp³-hybridized carbons (Fsp3) is 0.0556. The Labute approximate surface area is 143 Å². The van der Waals surface area contributed by atoms with Crippen LogP contribution in [0, 0.1) is 0 Å². The van der Waals surface area contributed by atoms with Crippen molar-refractivity contribution < 1.29 is 14.3 Å². The Balaban J connectivity index is 1.65. The van der Waals surface area contributed by atoms with Crippen molar-refractivity contribution in [1.82, 2.24) is 4.57 Å². The molecular weight excluding hydrogens is 328 g/mol. The minimum Gasteiger partial charge on any atom is -0.454 e. The highest BCUT2D eigenvalue weighted by molar-refractivity contribution is 6.31. The highest BCUT2D eigenvalue weighted by Gasteiger charge is 2.17. The molecule has 3 aromatic rings. The molecule has 0 unspecified atom stereocenters. The van der Waals surface area contributed by atoms with Gasteiger partial charge in [-0.3, -0.25) is 4.79 Å². The maximum atomic E-state index is 12.6. The molecule has 5 nitrogen and oxygen atoms in total. The molecule has 24 heavy (non-hydrogen) atoms. The summed E-state index contributed by atoms with van der Waals surface area (Å²) in [5, 5.41) is 3.52. The van der Waals surface area contributed by atoms with Crippen molar-refractivity contribution in [1.29, 1.82) is 0 Å². The van der Waals surface area contributed by atoms with Crippen molar-refractivity contribution >= 4 is 23.2 Å². The fourth-order valence-electron chi connectivity index (χ4n) is 2.55. The molecule has 0 radical (unpaired) electrons. The predicted octanol–water partition coefficient (Wildman–Crippen LogP) is 4.11. The van der Waals surface area contributed by atoms with Gasteiger partial charge in [0.05, 0.1) is 11.4 Å². The number of nitrogens with one attached hydrogen (secondary N) is 1. The molecule has 0 atom stereocenters. The van der Waals surface area contributed by atoms with E-state index in [4.69, 9.17) is 21.1 Å². The smallest absolute Gasteiger partial charge is 0.255 e. The number of hydrogen-bond donors (Lipinski definition) is 1. The van der Waals surface area contributed by atoms with E-state index in [1.54, 1.807) is 36.4 Å². The first-order valence-corrected chi connectivity index (χ1v) is 7.72. The van der Waals surface area contributed by atoms with E-state index in [1.807, 2.05) is 29.1 Å². The van der Waals surface area contributed by atoms with Gasteiger partial charge < -0.3 is 19.4 Å². The molecule has 0 saturated carbocycles. The Morgan fingerprint density at radius 2 is 1.83 bits per heavy atom. The van der Waals surface area contributed by atoms with Crippen LogP contribution >= 0.6 is 11.6 Å². The second-order valence-corrected chi connectivity index (χ2v) is 5.71. The molecule has 0 bridgehead atoms. The molecule has 1 aromatic heterocycles. The molecule has 0 spiro atoms. The van der Waals surface area contributed by atoms with Gasteiger partial charge in [-0.1, -0.05) is 11.6 Å². The zero-order chi connectivity index (χ0) is 16.5. The lowest BCUT2D eigenvalue weighted by molar-refractivity contribution is 0.102. The van der Waals surface area contributed by atoms with Gasteiger partial charge in [0.2, 0.25) is 6.79 Å². The van der Waals surface area contributed by atoms with E-state index < -0.39 is 0 Å². The second-order valence-electron chi connectivity index (χ2n) is 5.27. The minimum absolute atomic E-state index is 0.176. The molecule has 1 N–H and O–H groups in total.